The van der Waals surface area contributed by atoms with Gasteiger partial charge in [-0.05, 0) is 25.0 Å². The molecule has 0 radical (unpaired) electrons. The highest BCUT2D eigenvalue weighted by Crippen LogP contribution is 2.32. The van der Waals surface area contributed by atoms with Crippen molar-refractivity contribution in [2.75, 3.05) is 6.54 Å². The van der Waals surface area contributed by atoms with Crippen LogP contribution in [0.25, 0.3) is 11.0 Å². The van der Waals surface area contributed by atoms with E-state index < -0.39 is 0 Å². The maximum Gasteiger partial charge on any atom is 0.274 e. The number of aromatic amines is 1. The number of carbonyl (C=O) groups excluding carboxylic acids is 1. The third-order valence-electron chi connectivity index (χ3n) is 4.02. The summed E-state index contributed by atoms with van der Waals surface area (Å²) in [6.07, 6.45) is 6.49. The summed E-state index contributed by atoms with van der Waals surface area (Å²) in [5.41, 5.74) is 2.30. The molecule has 0 saturated carbocycles. The predicted octanol–water partition coefficient (Wildman–Crippen LogP) is 2.33. The Morgan fingerprint density at radius 2 is 2.18 bits per heavy atom. The molecule has 2 aromatic heterocycles. The standard InChI is InChI=1S/C16H15N5O/c22-16(13-10-17-7-8-18-13)21-9-3-6-14(21)15-19-11-4-1-2-5-12(11)20-15/h1-2,4-5,7-8,10,14H,3,6,9H2,(H,19,20)/t14-/m1/s1. The lowest BCUT2D eigenvalue weighted by atomic mass is 10.2. The highest BCUT2D eigenvalue weighted by atomic mass is 16.2. The van der Waals surface area contributed by atoms with Crippen molar-refractivity contribution in [3.8, 4) is 0 Å². The third kappa shape index (κ3) is 2.13. The van der Waals surface area contributed by atoms with E-state index in [1.807, 2.05) is 29.2 Å². The number of benzene rings is 1. The molecule has 1 fully saturated rings. The fourth-order valence-corrected chi connectivity index (χ4v) is 2.98. The van der Waals surface area contributed by atoms with Crippen LogP contribution in [0.1, 0.15) is 35.2 Å². The smallest absolute Gasteiger partial charge is 0.274 e. The van der Waals surface area contributed by atoms with E-state index in [0.29, 0.717) is 5.69 Å². The first-order valence-electron chi connectivity index (χ1n) is 7.34. The molecule has 1 N–H and O–H groups in total. The molecule has 6 heteroatoms. The second kappa shape index (κ2) is 5.22. The van der Waals surface area contributed by atoms with Gasteiger partial charge in [-0.25, -0.2) is 9.97 Å². The molecule has 1 saturated heterocycles. The van der Waals surface area contributed by atoms with Gasteiger partial charge in [0.2, 0.25) is 0 Å². The highest BCUT2D eigenvalue weighted by Gasteiger charge is 2.33. The monoisotopic (exact) mass is 293 g/mol. The lowest BCUT2D eigenvalue weighted by molar-refractivity contribution is 0.0724. The van der Waals surface area contributed by atoms with Crippen molar-refractivity contribution in [3.05, 3.63) is 54.4 Å². The van der Waals surface area contributed by atoms with Gasteiger partial charge >= 0.3 is 0 Å². The van der Waals surface area contributed by atoms with Gasteiger partial charge in [-0.15, -0.1) is 0 Å². The Hall–Kier alpha value is -2.76. The molecule has 0 spiro atoms. The topological polar surface area (TPSA) is 74.8 Å². The minimum Gasteiger partial charge on any atom is -0.340 e. The van der Waals surface area contributed by atoms with Gasteiger partial charge in [0, 0.05) is 18.9 Å². The Morgan fingerprint density at radius 3 is 3.00 bits per heavy atom. The number of nitrogens with one attached hydrogen (secondary N) is 1. The molecular formula is C16H15N5O. The second-order valence-electron chi connectivity index (χ2n) is 5.39. The number of amides is 1. The summed E-state index contributed by atoms with van der Waals surface area (Å²) in [5.74, 6) is 0.756. The van der Waals surface area contributed by atoms with E-state index in [1.54, 1.807) is 12.4 Å². The van der Waals surface area contributed by atoms with Crippen LogP contribution in [0.3, 0.4) is 0 Å². The van der Waals surface area contributed by atoms with Gasteiger partial charge in [0.25, 0.3) is 5.91 Å². The zero-order valence-corrected chi connectivity index (χ0v) is 11.9. The number of H-pyrrole nitrogens is 1. The summed E-state index contributed by atoms with van der Waals surface area (Å²) in [6.45, 7) is 0.719. The van der Waals surface area contributed by atoms with Crippen LogP contribution in [-0.2, 0) is 0 Å². The van der Waals surface area contributed by atoms with Gasteiger partial charge in [-0.1, -0.05) is 12.1 Å². The largest absolute Gasteiger partial charge is 0.340 e. The molecule has 0 aliphatic carbocycles. The van der Waals surface area contributed by atoms with Crippen molar-refractivity contribution in [2.24, 2.45) is 0 Å². The van der Waals surface area contributed by atoms with Crippen molar-refractivity contribution in [1.82, 2.24) is 24.8 Å². The second-order valence-corrected chi connectivity index (χ2v) is 5.39. The quantitative estimate of drug-likeness (QED) is 0.787. The third-order valence-corrected chi connectivity index (χ3v) is 4.02. The van der Waals surface area contributed by atoms with Gasteiger partial charge in [0.05, 0.1) is 23.3 Å². The van der Waals surface area contributed by atoms with Crippen LogP contribution in [0.5, 0.6) is 0 Å². The molecule has 6 nitrogen and oxygen atoms in total. The summed E-state index contributed by atoms with van der Waals surface area (Å²) in [4.78, 5) is 30.5. The number of nitrogens with zero attached hydrogens (tertiary/aromatic N) is 4. The van der Waals surface area contributed by atoms with Crippen molar-refractivity contribution >= 4 is 16.9 Å². The summed E-state index contributed by atoms with van der Waals surface area (Å²) in [7, 11) is 0. The first kappa shape index (κ1) is 12.9. The van der Waals surface area contributed by atoms with E-state index in [1.165, 1.54) is 6.20 Å². The van der Waals surface area contributed by atoms with E-state index >= 15 is 0 Å². The Balaban J connectivity index is 1.67. The molecule has 4 rings (SSSR count). The average molecular weight is 293 g/mol. The average Bonchev–Trinajstić information content (AvgIpc) is 3.21. The zero-order chi connectivity index (χ0) is 14.9. The van der Waals surface area contributed by atoms with Gasteiger partial charge in [0.15, 0.2) is 0 Å². The van der Waals surface area contributed by atoms with Crippen molar-refractivity contribution < 1.29 is 4.79 Å². The van der Waals surface area contributed by atoms with Crippen LogP contribution in [0.2, 0.25) is 0 Å². The van der Waals surface area contributed by atoms with Gasteiger partial charge in [0.1, 0.15) is 11.5 Å². The van der Waals surface area contributed by atoms with Crippen LogP contribution < -0.4 is 0 Å². The summed E-state index contributed by atoms with van der Waals surface area (Å²) < 4.78 is 0. The Morgan fingerprint density at radius 1 is 1.27 bits per heavy atom. The molecule has 3 heterocycles. The van der Waals surface area contributed by atoms with E-state index in [9.17, 15) is 4.79 Å². The number of hydrogen-bond acceptors (Lipinski definition) is 4. The minimum atomic E-state index is -0.0870. The molecule has 0 bridgehead atoms. The molecule has 1 amide bonds. The Kier molecular flexibility index (Phi) is 3.07. The molecule has 1 aliphatic rings. The molecule has 1 aromatic carbocycles. The fourth-order valence-electron chi connectivity index (χ4n) is 2.98. The lowest BCUT2D eigenvalue weighted by Crippen LogP contribution is -2.31. The van der Waals surface area contributed by atoms with Crippen LogP contribution in [0.4, 0.5) is 0 Å². The number of carbonyl (C=O) groups is 1. The van der Waals surface area contributed by atoms with Crippen LogP contribution in [0, 0.1) is 0 Å². The zero-order valence-electron chi connectivity index (χ0n) is 11.9. The molecule has 0 unspecified atom stereocenters. The summed E-state index contributed by atoms with van der Waals surface area (Å²) >= 11 is 0. The SMILES string of the molecule is O=C(c1cnccn1)N1CCC[C@@H]1c1nc2ccccc2[nH]1. The number of aromatic nitrogens is 4. The Labute approximate surface area is 127 Å². The van der Waals surface area contributed by atoms with Gasteiger partial charge in [-0.3, -0.25) is 9.78 Å². The van der Waals surface area contributed by atoms with E-state index in [0.717, 1.165) is 36.2 Å². The normalized spacial score (nSPS) is 18.0. The molecule has 1 aliphatic heterocycles. The predicted molar refractivity (Wildman–Crippen MR) is 81.1 cm³/mol. The lowest BCUT2D eigenvalue weighted by Gasteiger charge is -2.22. The number of fused-ring (bicyclic) bond motifs is 1. The van der Waals surface area contributed by atoms with E-state index in [4.69, 9.17) is 0 Å². The highest BCUT2D eigenvalue weighted by molar-refractivity contribution is 5.92. The molecule has 3 aromatic rings. The van der Waals surface area contributed by atoms with Crippen molar-refractivity contribution in [1.29, 1.82) is 0 Å². The maximum absolute atomic E-state index is 12.6. The first-order valence-corrected chi connectivity index (χ1v) is 7.34. The number of imidazole rings is 1. The molecular weight excluding hydrogens is 278 g/mol. The van der Waals surface area contributed by atoms with Crippen LogP contribution in [-0.4, -0.2) is 37.3 Å². The van der Waals surface area contributed by atoms with Crippen LogP contribution in [0.15, 0.2) is 42.9 Å². The first-order chi connectivity index (χ1) is 10.8. The van der Waals surface area contributed by atoms with E-state index in [2.05, 4.69) is 19.9 Å². The number of likely N-dealkylation sites (tertiary alicyclic amines) is 1. The number of rotatable bonds is 2. The van der Waals surface area contributed by atoms with Crippen molar-refractivity contribution in [3.63, 3.8) is 0 Å². The molecule has 22 heavy (non-hydrogen) atoms. The number of hydrogen-bond donors (Lipinski definition) is 1. The Bertz CT molecular complexity index is 781. The molecule has 110 valence electrons. The summed E-state index contributed by atoms with van der Waals surface area (Å²) in [5, 5.41) is 0. The minimum absolute atomic E-state index is 0.0260. The fraction of sp³-hybridized carbons (Fsp3) is 0.250. The molecule has 1 atom stereocenters. The van der Waals surface area contributed by atoms with Gasteiger partial charge < -0.3 is 9.88 Å². The van der Waals surface area contributed by atoms with Crippen molar-refractivity contribution in [2.45, 2.75) is 18.9 Å². The number of para-hydroxylation sites is 2. The maximum atomic E-state index is 12.6. The van der Waals surface area contributed by atoms with Crippen LogP contribution >= 0.6 is 0 Å². The van der Waals surface area contributed by atoms with E-state index in [-0.39, 0.29) is 11.9 Å². The summed E-state index contributed by atoms with van der Waals surface area (Å²) in [6, 6.07) is 7.88. The van der Waals surface area contributed by atoms with Gasteiger partial charge in [-0.2, -0.15) is 0 Å².